The van der Waals surface area contributed by atoms with Crippen LogP contribution in [0, 0.1) is 11.8 Å². The van der Waals surface area contributed by atoms with E-state index < -0.39 is 151 Å². The molecule has 0 aromatic heterocycles. The van der Waals surface area contributed by atoms with Crippen molar-refractivity contribution in [3.8, 4) is 0 Å². The number of hydrogen-bond donors (Lipinski definition) is 18. The highest BCUT2D eigenvalue weighted by molar-refractivity contribution is 5.99. The van der Waals surface area contributed by atoms with Crippen LogP contribution in [-0.2, 0) is 52.7 Å². The Morgan fingerprint density at radius 1 is 0.519 bits per heavy atom. The number of rotatable bonds is 29. The van der Waals surface area contributed by atoms with Crippen molar-refractivity contribution in [2.75, 3.05) is 39.3 Å². The van der Waals surface area contributed by atoms with Gasteiger partial charge in [-0.25, -0.2) is 0 Å². The first-order valence-corrected chi connectivity index (χ1v) is 28.5. The molecule has 0 bridgehead atoms. The molecule has 0 spiro atoms. The molecule has 464 valence electrons. The summed E-state index contributed by atoms with van der Waals surface area (Å²) in [7, 11) is 0. The monoisotopic (exact) mass is 1150 g/mol. The van der Waals surface area contributed by atoms with Gasteiger partial charge in [-0.2, -0.15) is 0 Å². The molecule has 1 aliphatic rings. The van der Waals surface area contributed by atoms with Gasteiger partial charge < -0.3 is 97.4 Å². The number of unbranched alkanes of at least 4 members (excludes halogenated alkanes) is 4. The lowest BCUT2D eigenvalue weighted by Gasteiger charge is -2.29. The minimum Gasteiger partial charge on any atom is -0.391 e. The van der Waals surface area contributed by atoms with E-state index in [0.717, 1.165) is 25.7 Å². The van der Waals surface area contributed by atoms with E-state index in [-0.39, 0.29) is 95.9 Å². The SMILES string of the molecule is CCCCCCCC(=O)N[C@@H](CCN)C(=O)N[C@H](C(=O)N[C@@H](CCN)C(=O)N[C@H]1CCNC(=O)[C@H]([C@@H](C)O)NC(=O)[C@H](CCN)NC(=O)[C@H](CCN)NC(=O)[C@H](CC(C)C)NC(=O)[C@H](CC(C)C)NC(=O)[C@H](CCN)NC1=O)[C@@H](C)O. The standard InChI is InChI=1S/C52H98N16O13/c1-8-9-10-11-12-13-40(71)59-32(14-20-53)47(76)68-42(31(7)70)52(81)64-35(17-23-56)44(73)63-37-19-25-58-51(80)41(30(6)69)67-48(77)36(18-24-57)61-43(72)33(15-21-54)62-49(78)38(26-28(2)3)66-50(79)39(27-29(4)5)65-45(74)34(16-22-55)60-46(37)75/h28-39,41-42,69-70H,8-27,53-57H2,1-7H3,(H,58,80)(H,59,71)(H,60,75)(H,61,72)(H,62,78)(H,63,73)(H,64,81)(H,65,74)(H,66,79)(H,67,77)(H,68,76)/t30-,31-,32+,33+,34+,35+,36+,37+,38+,39+,41+,42+/m1/s1. The Kier molecular flexibility index (Phi) is 35.4. The second kappa shape index (κ2) is 39.3. The Labute approximate surface area is 475 Å². The molecule has 0 saturated carbocycles. The molecule has 0 radical (unpaired) electrons. The van der Waals surface area contributed by atoms with Gasteiger partial charge in [0.05, 0.1) is 12.2 Å². The number of aliphatic hydroxyl groups is 2. The van der Waals surface area contributed by atoms with Crippen LogP contribution >= 0.6 is 0 Å². The normalized spacial score (nSPS) is 23.2. The van der Waals surface area contributed by atoms with E-state index in [0.29, 0.717) is 6.42 Å². The van der Waals surface area contributed by atoms with Crippen LogP contribution in [0.1, 0.15) is 138 Å². The largest absolute Gasteiger partial charge is 0.391 e. The number of aliphatic hydroxyl groups excluding tert-OH is 2. The Hall–Kier alpha value is -6.11. The van der Waals surface area contributed by atoms with Gasteiger partial charge in [-0.3, -0.25) is 52.7 Å². The van der Waals surface area contributed by atoms with Crippen molar-refractivity contribution in [2.24, 2.45) is 40.5 Å². The summed E-state index contributed by atoms with van der Waals surface area (Å²) >= 11 is 0. The summed E-state index contributed by atoms with van der Waals surface area (Å²) in [4.78, 5) is 152. The summed E-state index contributed by atoms with van der Waals surface area (Å²) in [6, 6.07) is -14.5. The van der Waals surface area contributed by atoms with E-state index >= 15 is 0 Å². The fourth-order valence-corrected chi connectivity index (χ4v) is 8.67. The Bertz CT molecular complexity index is 2030. The van der Waals surface area contributed by atoms with Gasteiger partial charge in [0.25, 0.3) is 0 Å². The molecular weight excluding hydrogens is 1060 g/mol. The van der Waals surface area contributed by atoms with E-state index in [2.05, 4.69) is 65.4 Å². The molecule has 23 N–H and O–H groups in total. The van der Waals surface area contributed by atoms with Crippen LogP contribution < -0.4 is 87.2 Å². The highest BCUT2D eigenvalue weighted by Gasteiger charge is 2.37. The Balaban J connectivity index is 3.83. The highest BCUT2D eigenvalue weighted by atomic mass is 16.3. The molecule has 1 aliphatic heterocycles. The molecule has 1 fully saturated rings. The molecule has 29 heteroatoms. The first-order valence-electron chi connectivity index (χ1n) is 28.5. The van der Waals surface area contributed by atoms with Gasteiger partial charge >= 0.3 is 0 Å². The third-order valence-corrected chi connectivity index (χ3v) is 13.1. The number of hydrogen-bond acceptors (Lipinski definition) is 18. The van der Waals surface area contributed by atoms with Gasteiger partial charge in [0.2, 0.25) is 65.0 Å². The molecule has 1 heterocycles. The van der Waals surface area contributed by atoms with Crippen LogP contribution in [0.3, 0.4) is 0 Å². The lowest BCUT2D eigenvalue weighted by atomic mass is 9.99. The number of nitrogens with two attached hydrogens (primary N) is 5. The smallest absolute Gasteiger partial charge is 0.245 e. The number of amides is 11. The molecule has 0 aliphatic carbocycles. The Morgan fingerprint density at radius 2 is 0.951 bits per heavy atom. The zero-order valence-electron chi connectivity index (χ0n) is 48.5. The third-order valence-electron chi connectivity index (χ3n) is 13.1. The lowest BCUT2D eigenvalue weighted by Crippen LogP contribution is -2.62. The zero-order valence-corrected chi connectivity index (χ0v) is 48.5. The summed E-state index contributed by atoms with van der Waals surface area (Å²) in [5, 5.41) is 49.5. The van der Waals surface area contributed by atoms with Crippen molar-refractivity contribution in [1.82, 2.24) is 58.5 Å². The summed E-state index contributed by atoms with van der Waals surface area (Å²) in [5.74, 6) is -9.97. The molecule has 0 aromatic carbocycles. The summed E-state index contributed by atoms with van der Waals surface area (Å²) in [5.41, 5.74) is 29.2. The topological polar surface area (TPSA) is 491 Å². The fraction of sp³-hybridized carbons (Fsp3) is 0.788. The van der Waals surface area contributed by atoms with E-state index in [1.807, 2.05) is 0 Å². The fourth-order valence-electron chi connectivity index (χ4n) is 8.67. The van der Waals surface area contributed by atoms with Crippen LogP contribution in [0.25, 0.3) is 0 Å². The van der Waals surface area contributed by atoms with Crippen LogP contribution in [-0.4, -0.2) is 187 Å². The average Bonchev–Trinajstić information content (AvgIpc) is 3.40. The predicted molar refractivity (Wildman–Crippen MR) is 301 cm³/mol. The third kappa shape index (κ3) is 27.5. The van der Waals surface area contributed by atoms with Crippen molar-refractivity contribution in [3.05, 3.63) is 0 Å². The van der Waals surface area contributed by atoms with Gasteiger partial charge in [-0.15, -0.1) is 0 Å². The minimum absolute atomic E-state index is 0.0101. The second-order valence-corrected chi connectivity index (χ2v) is 21.4. The maximum absolute atomic E-state index is 14.4. The summed E-state index contributed by atoms with van der Waals surface area (Å²) in [6.45, 7) is 10.5. The molecule has 29 nitrogen and oxygen atoms in total. The predicted octanol–water partition coefficient (Wildman–Crippen LogP) is -5.69. The van der Waals surface area contributed by atoms with E-state index in [9.17, 15) is 63.0 Å². The van der Waals surface area contributed by atoms with Crippen molar-refractivity contribution in [1.29, 1.82) is 0 Å². The van der Waals surface area contributed by atoms with Crippen molar-refractivity contribution >= 4 is 65.0 Å². The van der Waals surface area contributed by atoms with Crippen molar-refractivity contribution in [3.63, 3.8) is 0 Å². The minimum atomic E-state index is -1.69. The number of carbonyl (C=O) groups excluding carboxylic acids is 11. The lowest BCUT2D eigenvalue weighted by molar-refractivity contribution is -0.137. The van der Waals surface area contributed by atoms with E-state index in [1.165, 1.54) is 13.8 Å². The average molecular weight is 1160 g/mol. The van der Waals surface area contributed by atoms with Crippen LogP contribution in [0.2, 0.25) is 0 Å². The number of carbonyl (C=O) groups is 11. The molecule has 81 heavy (non-hydrogen) atoms. The molecular formula is C52H98N16O13. The first-order chi connectivity index (χ1) is 38.3. The van der Waals surface area contributed by atoms with Crippen LogP contribution in [0.5, 0.6) is 0 Å². The van der Waals surface area contributed by atoms with Crippen molar-refractivity contribution in [2.45, 2.75) is 211 Å². The molecule has 11 amide bonds. The second-order valence-electron chi connectivity index (χ2n) is 21.4. The quantitative estimate of drug-likeness (QED) is 0.0310. The summed E-state index contributed by atoms with van der Waals surface area (Å²) < 4.78 is 0. The molecule has 0 unspecified atom stereocenters. The molecule has 12 atom stereocenters. The first kappa shape index (κ1) is 72.9. The van der Waals surface area contributed by atoms with E-state index in [1.54, 1.807) is 27.7 Å². The van der Waals surface area contributed by atoms with Gasteiger partial charge in [0.15, 0.2) is 0 Å². The highest BCUT2D eigenvalue weighted by Crippen LogP contribution is 2.12. The maximum Gasteiger partial charge on any atom is 0.245 e. The van der Waals surface area contributed by atoms with Gasteiger partial charge in [0.1, 0.15) is 60.4 Å². The molecule has 0 aromatic rings. The zero-order chi connectivity index (χ0) is 61.4. The van der Waals surface area contributed by atoms with Crippen LogP contribution in [0.15, 0.2) is 0 Å². The Morgan fingerprint density at radius 3 is 1.38 bits per heavy atom. The van der Waals surface area contributed by atoms with Gasteiger partial charge in [-0.05, 0) is 116 Å². The van der Waals surface area contributed by atoms with Crippen LogP contribution in [0.4, 0.5) is 0 Å². The molecule has 1 rings (SSSR count). The summed E-state index contributed by atoms with van der Waals surface area (Å²) in [6.07, 6.45) is 0.326. The number of nitrogens with one attached hydrogen (secondary N) is 11. The van der Waals surface area contributed by atoms with E-state index in [4.69, 9.17) is 28.7 Å². The van der Waals surface area contributed by atoms with Gasteiger partial charge in [0, 0.05) is 13.0 Å². The van der Waals surface area contributed by atoms with Gasteiger partial charge in [-0.1, -0.05) is 60.3 Å². The molecule has 1 saturated heterocycles. The maximum atomic E-state index is 14.4. The van der Waals surface area contributed by atoms with Crippen molar-refractivity contribution < 1.29 is 63.0 Å².